The van der Waals surface area contributed by atoms with Crippen LogP contribution in [0.15, 0.2) is 18.2 Å². The monoisotopic (exact) mass is 342 g/mol. The number of hydrogen-bond acceptors (Lipinski definition) is 3. The summed E-state index contributed by atoms with van der Waals surface area (Å²) in [5, 5.41) is 5.65. The smallest absolute Gasteiger partial charge is 0.319 e. The van der Waals surface area contributed by atoms with Gasteiger partial charge in [0.15, 0.2) is 0 Å². The minimum Gasteiger partial charge on any atom is -0.338 e. The second-order valence-corrected chi connectivity index (χ2v) is 6.58. The quantitative estimate of drug-likeness (QED) is 0.864. The normalized spacial score (nSPS) is 17.7. The van der Waals surface area contributed by atoms with Gasteiger partial charge in [-0.3, -0.25) is 0 Å². The molecule has 1 fully saturated rings. The number of carbonyl (C=O) groups excluding carboxylic acids is 1. The third-order valence-corrected chi connectivity index (χ3v) is 4.27. The van der Waals surface area contributed by atoms with Gasteiger partial charge in [0.1, 0.15) is 5.82 Å². The highest BCUT2D eigenvalue weighted by Crippen LogP contribution is 2.22. The van der Waals surface area contributed by atoms with Crippen molar-refractivity contribution in [2.45, 2.75) is 6.92 Å². The zero-order valence-electron chi connectivity index (χ0n) is 13.6. The second kappa shape index (κ2) is 8.47. The van der Waals surface area contributed by atoms with Crippen LogP contribution in [0, 0.1) is 11.7 Å². The Morgan fingerprint density at radius 2 is 2.04 bits per heavy atom. The number of hydrogen-bond donors (Lipinski definition) is 2. The predicted octanol–water partition coefficient (Wildman–Crippen LogP) is 2.48. The van der Waals surface area contributed by atoms with Crippen molar-refractivity contribution in [2.75, 3.05) is 51.6 Å². The molecule has 1 heterocycles. The zero-order valence-corrected chi connectivity index (χ0v) is 14.4. The minimum absolute atomic E-state index is 0.186. The number of benzene rings is 1. The van der Waals surface area contributed by atoms with Crippen molar-refractivity contribution in [1.82, 2.24) is 15.1 Å². The summed E-state index contributed by atoms with van der Waals surface area (Å²) in [6.07, 6.45) is 0. The summed E-state index contributed by atoms with van der Waals surface area (Å²) < 4.78 is 13.0. The van der Waals surface area contributed by atoms with Crippen molar-refractivity contribution in [3.05, 3.63) is 29.0 Å². The first-order valence-electron chi connectivity index (χ1n) is 7.85. The summed E-state index contributed by atoms with van der Waals surface area (Å²) in [5.74, 6) is -0.0744. The number of halogens is 2. The van der Waals surface area contributed by atoms with Crippen LogP contribution in [0.3, 0.4) is 0 Å². The SMILES string of the molecule is C[C@H](CNC(=O)Nc1ccc(F)cc1Cl)CN1CCN(C)CC1. The standard InChI is InChI=1S/C16H24ClFN4O/c1-12(11-22-7-5-21(2)6-8-22)10-19-16(23)20-15-4-3-13(18)9-14(15)17/h3-4,9,12H,5-8,10-11H2,1-2H3,(H2,19,20,23)/t12-/m1/s1. The van der Waals surface area contributed by atoms with Crippen LogP contribution in [-0.4, -0.2) is 62.1 Å². The minimum atomic E-state index is -0.429. The lowest BCUT2D eigenvalue weighted by atomic mass is 10.1. The second-order valence-electron chi connectivity index (χ2n) is 6.17. The lowest BCUT2D eigenvalue weighted by Crippen LogP contribution is -2.47. The third kappa shape index (κ3) is 5.97. The van der Waals surface area contributed by atoms with Gasteiger partial charge in [-0.25, -0.2) is 9.18 Å². The van der Waals surface area contributed by atoms with E-state index in [0.717, 1.165) is 32.7 Å². The predicted molar refractivity (Wildman–Crippen MR) is 91.5 cm³/mol. The highest BCUT2D eigenvalue weighted by molar-refractivity contribution is 6.33. The Labute approximate surface area is 141 Å². The van der Waals surface area contributed by atoms with Gasteiger partial charge in [0.2, 0.25) is 0 Å². The summed E-state index contributed by atoms with van der Waals surface area (Å²) in [5.41, 5.74) is 0.400. The molecule has 0 saturated carbocycles. The molecule has 5 nitrogen and oxygen atoms in total. The van der Waals surface area contributed by atoms with Gasteiger partial charge >= 0.3 is 6.03 Å². The summed E-state index contributed by atoms with van der Waals surface area (Å²) in [7, 11) is 2.13. The van der Waals surface area contributed by atoms with E-state index >= 15 is 0 Å². The molecule has 1 atom stereocenters. The first-order valence-corrected chi connectivity index (χ1v) is 8.22. The molecule has 2 N–H and O–H groups in total. The Kier molecular flexibility index (Phi) is 6.62. The topological polar surface area (TPSA) is 47.6 Å². The molecule has 0 radical (unpaired) electrons. The van der Waals surface area contributed by atoms with E-state index in [4.69, 9.17) is 11.6 Å². The van der Waals surface area contributed by atoms with E-state index in [1.54, 1.807) is 0 Å². The molecule has 1 aliphatic heterocycles. The molecular formula is C16H24ClFN4O. The molecule has 1 aliphatic rings. The number of rotatable bonds is 5. The highest BCUT2D eigenvalue weighted by atomic mass is 35.5. The van der Waals surface area contributed by atoms with E-state index in [-0.39, 0.29) is 11.1 Å². The first-order chi connectivity index (χ1) is 10.9. The van der Waals surface area contributed by atoms with Crippen LogP contribution in [0.2, 0.25) is 5.02 Å². The number of nitrogens with zero attached hydrogens (tertiary/aromatic N) is 2. The average molecular weight is 343 g/mol. The van der Waals surface area contributed by atoms with Crippen molar-refractivity contribution in [3.8, 4) is 0 Å². The summed E-state index contributed by atoms with van der Waals surface area (Å²) >= 11 is 5.88. The lowest BCUT2D eigenvalue weighted by Gasteiger charge is -2.33. The van der Waals surface area contributed by atoms with Crippen LogP contribution in [-0.2, 0) is 0 Å². The van der Waals surface area contributed by atoms with Crippen LogP contribution >= 0.6 is 11.6 Å². The fraction of sp³-hybridized carbons (Fsp3) is 0.562. The maximum Gasteiger partial charge on any atom is 0.319 e. The van der Waals surface area contributed by atoms with E-state index in [2.05, 4.69) is 34.4 Å². The lowest BCUT2D eigenvalue weighted by molar-refractivity contribution is 0.138. The molecule has 0 bridgehead atoms. The maximum atomic E-state index is 13.0. The zero-order chi connectivity index (χ0) is 16.8. The summed E-state index contributed by atoms with van der Waals surface area (Å²) in [6, 6.07) is 3.55. The molecule has 0 unspecified atom stereocenters. The van der Waals surface area contributed by atoms with E-state index < -0.39 is 5.82 Å². The van der Waals surface area contributed by atoms with Gasteiger partial charge in [0, 0.05) is 39.3 Å². The van der Waals surface area contributed by atoms with Crippen LogP contribution < -0.4 is 10.6 Å². The molecule has 0 spiro atoms. The van der Waals surface area contributed by atoms with E-state index in [1.165, 1.54) is 18.2 Å². The van der Waals surface area contributed by atoms with Gasteiger partial charge < -0.3 is 20.4 Å². The Bertz CT molecular complexity index is 535. The molecule has 2 amide bonds. The fourth-order valence-corrected chi connectivity index (χ4v) is 2.77. The number of nitrogens with one attached hydrogen (secondary N) is 2. The Morgan fingerprint density at radius 3 is 2.70 bits per heavy atom. The van der Waals surface area contributed by atoms with Crippen LogP contribution in [0.1, 0.15) is 6.92 Å². The first kappa shape index (κ1) is 18.0. The number of anilines is 1. The fourth-order valence-electron chi connectivity index (χ4n) is 2.56. The van der Waals surface area contributed by atoms with Gasteiger partial charge in [-0.1, -0.05) is 18.5 Å². The molecule has 1 aromatic carbocycles. The molecule has 1 aromatic rings. The maximum absolute atomic E-state index is 13.0. The Balaban J connectivity index is 1.71. The molecule has 0 aliphatic carbocycles. The van der Waals surface area contributed by atoms with Crippen molar-refractivity contribution in [3.63, 3.8) is 0 Å². The van der Waals surface area contributed by atoms with Crippen molar-refractivity contribution in [1.29, 1.82) is 0 Å². The molecular weight excluding hydrogens is 319 g/mol. The number of urea groups is 1. The van der Waals surface area contributed by atoms with E-state index in [0.29, 0.717) is 18.2 Å². The van der Waals surface area contributed by atoms with Gasteiger partial charge in [0.05, 0.1) is 10.7 Å². The van der Waals surface area contributed by atoms with Gasteiger partial charge in [-0.15, -0.1) is 0 Å². The van der Waals surface area contributed by atoms with Crippen molar-refractivity contribution < 1.29 is 9.18 Å². The number of carbonyl (C=O) groups is 1. The van der Waals surface area contributed by atoms with Crippen molar-refractivity contribution in [2.24, 2.45) is 5.92 Å². The van der Waals surface area contributed by atoms with Crippen LogP contribution in [0.5, 0.6) is 0 Å². The van der Waals surface area contributed by atoms with Gasteiger partial charge in [0.25, 0.3) is 0 Å². The number of piperazine rings is 1. The van der Waals surface area contributed by atoms with Crippen LogP contribution in [0.4, 0.5) is 14.9 Å². The van der Waals surface area contributed by atoms with Crippen molar-refractivity contribution >= 4 is 23.3 Å². The largest absolute Gasteiger partial charge is 0.338 e. The number of likely N-dealkylation sites (N-methyl/N-ethyl adjacent to an activating group) is 1. The highest BCUT2D eigenvalue weighted by Gasteiger charge is 2.16. The van der Waals surface area contributed by atoms with E-state index in [9.17, 15) is 9.18 Å². The third-order valence-electron chi connectivity index (χ3n) is 3.96. The Hall–Kier alpha value is -1.37. The molecule has 128 valence electrons. The summed E-state index contributed by atoms with van der Waals surface area (Å²) in [4.78, 5) is 16.6. The number of amides is 2. The van der Waals surface area contributed by atoms with Gasteiger partial charge in [-0.05, 0) is 31.2 Å². The Morgan fingerprint density at radius 1 is 1.35 bits per heavy atom. The van der Waals surface area contributed by atoms with Gasteiger partial charge in [-0.2, -0.15) is 0 Å². The molecule has 0 aromatic heterocycles. The molecule has 23 heavy (non-hydrogen) atoms. The molecule has 7 heteroatoms. The molecule has 1 saturated heterocycles. The van der Waals surface area contributed by atoms with E-state index in [1.807, 2.05) is 0 Å². The average Bonchev–Trinajstić information content (AvgIpc) is 2.50. The van der Waals surface area contributed by atoms with Crippen LogP contribution in [0.25, 0.3) is 0 Å². The molecule has 2 rings (SSSR count). The summed E-state index contributed by atoms with van der Waals surface area (Å²) in [6.45, 7) is 7.97.